The number of fused-ring (bicyclic) bond motifs is 3. The molecule has 2 aliphatic rings. The smallest absolute Gasteiger partial charge is 0.405 e. The molecule has 108 valence electrons. The normalized spacial score (nSPS) is 26.2. The number of hydrogen-bond donors (Lipinski definition) is 0. The molecular formula is C14H11NO6. The number of esters is 1. The Kier molecular flexibility index (Phi) is 2.62. The summed E-state index contributed by atoms with van der Waals surface area (Å²) in [5.74, 6) is -3.25. The van der Waals surface area contributed by atoms with Crippen molar-refractivity contribution in [2.24, 2.45) is 0 Å². The van der Waals surface area contributed by atoms with Gasteiger partial charge in [-0.15, -0.1) is 0 Å². The van der Waals surface area contributed by atoms with Gasteiger partial charge in [0.05, 0.1) is 12.0 Å². The zero-order valence-corrected chi connectivity index (χ0v) is 11.3. The number of Topliss-reactive ketones (excluding diaryl/α,β-unsaturated/α-hetero) is 2. The Morgan fingerprint density at radius 2 is 2.05 bits per heavy atom. The molecule has 0 unspecified atom stereocenters. The summed E-state index contributed by atoms with van der Waals surface area (Å²) in [5, 5.41) is 11.9. The molecule has 1 aliphatic carbocycles. The number of benzene rings is 1. The van der Waals surface area contributed by atoms with E-state index in [4.69, 9.17) is 4.84 Å². The van der Waals surface area contributed by atoms with Crippen LogP contribution in [-0.4, -0.2) is 40.9 Å². The lowest BCUT2D eigenvalue weighted by Gasteiger charge is -2.24. The summed E-state index contributed by atoms with van der Waals surface area (Å²) >= 11 is 0. The number of carbonyl (C=O) groups is 3. The van der Waals surface area contributed by atoms with Crippen molar-refractivity contribution in [2.75, 3.05) is 7.11 Å². The number of carbonyl (C=O) groups excluding carboxylic acids is 3. The number of rotatable bonds is 2. The van der Waals surface area contributed by atoms with Gasteiger partial charge in [-0.3, -0.25) is 14.8 Å². The van der Waals surface area contributed by atoms with E-state index in [1.54, 1.807) is 18.2 Å². The summed E-state index contributed by atoms with van der Waals surface area (Å²) in [6, 6.07) is 6.42. The maximum Gasteiger partial charge on any atom is 0.405 e. The molecule has 7 nitrogen and oxygen atoms in total. The minimum absolute atomic E-state index is 0.0776. The Morgan fingerprint density at radius 1 is 1.38 bits per heavy atom. The zero-order chi connectivity index (χ0) is 15.4. The van der Waals surface area contributed by atoms with Gasteiger partial charge in [-0.1, -0.05) is 24.3 Å². The van der Waals surface area contributed by atoms with Gasteiger partial charge in [-0.25, -0.2) is 4.79 Å². The molecule has 1 aromatic carbocycles. The molecule has 7 heteroatoms. The molecule has 0 spiro atoms. The van der Waals surface area contributed by atoms with Crippen LogP contribution in [0, 0.1) is 5.21 Å². The Balaban J connectivity index is 2.29. The van der Waals surface area contributed by atoms with Crippen molar-refractivity contribution < 1.29 is 28.9 Å². The SMILES string of the molecule is COC(=O)C1=[N+]([O-])O[C@@]2(C(C)=O)C(=O)c3ccccc3[C@@H]12. The van der Waals surface area contributed by atoms with Crippen LogP contribution in [0.1, 0.15) is 28.8 Å². The number of ether oxygens (including phenoxy) is 1. The Morgan fingerprint density at radius 3 is 2.67 bits per heavy atom. The highest BCUT2D eigenvalue weighted by Crippen LogP contribution is 2.48. The average molecular weight is 289 g/mol. The van der Waals surface area contributed by atoms with E-state index in [2.05, 4.69) is 4.74 Å². The first-order valence-electron chi connectivity index (χ1n) is 6.21. The molecule has 3 rings (SSSR count). The third kappa shape index (κ3) is 1.43. The molecule has 0 amide bonds. The van der Waals surface area contributed by atoms with E-state index in [-0.39, 0.29) is 10.5 Å². The van der Waals surface area contributed by atoms with Crippen LogP contribution in [0.15, 0.2) is 24.3 Å². The lowest BCUT2D eigenvalue weighted by atomic mass is 9.81. The van der Waals surface area contributed by atoms with Crippen molar-refractivity contribution >= 4 is 23.2 Å². The van der Waals surface area contributed by atoms with Gasteiger partial charge in [0.15, 0.2) is 11.6 Å². The summed E-state index contributed by atoms with van der Waals surface area (Å²) in [4.78, 5) is 41.4. The third-order valence-corrected chi connectivity index (χ3v) is 3.87. The molecule has 2 atom stereocenters. The van der Waals surface area contributed by atoms with E-state index in [0.717, 1.165) is 14.0 Å². The first kappa shape index (κ1) is 13.3. The van der Waals surface area contributed by atoms with Gasteiger partial charge in [-0.05, 0) is 12.5 Å². The average Bonchev–Trinajstić information content (AvgIpc) is 2.91. The lowest BCUT2D eigenvalue weighted by molar-refractivity contribution is -0.742. The van der Waals surface area contributed by atoms with E-state index < -0.39 is 34.8 Å². The van der Waals surface area contributed by atoms with Gasteiger partial charge in [0.25, 0.3) is 0 Å². The van der Waals surface area contributed by atoms with Gasteiger partial charge in [0.2, 0.25) is 5.60 Å². The van der Waals surface area contributed by atoms with Crippen molar-refractivity contribution in [3.05, 3.63) is 40.6 Å². The molecule has 0 radical (unpaired) electrons. The first-order chi connectivity index (χ1) is 9.95. The zero-order valence-electron chi connectivity index (χ0n) is 11.3. The molecule has 0 saturated heterocycles. The first-order valence-corrected chi connectivity index (χ1v) is 6.21. The maximum atomic E-state index is 12.6. The summed E-state index contributed by atoms with van der Waals surface area (Å²) < 4.78 is 4.57. The highest BCUT2D eigenvalue weighted by Gasteiger charge is 2.67. The van der Waals surface area contributed by atoms with Crippen molar-refractivity contribution in [1.29, 1.82) is 0 Å². The molecule has 0 bridgehead atoms. The fourth-order valence-electron chi connectivity index (χ4n) is 2.95. The summed E-state index contributed by atoms with van der Waals surface area (Å²) in [7, 11) is 1.11. The van der Waals surface area contributed by atoms with Gasteiger partial charge >= 0.3 is 11.7 Å². The van der Waals surface area contributed by atoms with Gasteiger partial charge in [0, 0.05) is 5.56 Å². The second-order valence-electron chi connectivity index (χ2n) is 4.87. The van der Waals surface area contributed by atoms with Crippen molar-refractivity contribution in [3.63, 3.8) is 0 Å². The maximum absolute atomic E-state index is 12.6. The van der Waals surface area contributed by atoms with Crippen LogP contribution in [0.5, 0.6) is 0 Å². The molecular weight excluding hydrogens is 278 g/mol. The summed E-state index contributed by atoms with van der Waals surface area (Å²) in [6.07, 6.45) is 0. The van der Waals surface area contributed by atoms with Crippen molar-refractivity contribution in [3.8, 4) is 0 Å². The molecule has 1 aliphatic heterocycles. The number of ketones is 2. The van der Waals surface area contributed by atoms with E-state index in [1.165, 1.54) is 6.07 Å². The molecule has 21 heavy (non-hydrogen) atoms. The quantitative estimate of drug-likeness (QED) is 0.443. The fourth-order valence-corrected chi connectivity index (χ4v) is 2.95. The van der Waals surface area contributed by atoms with E-state index >= 15 is 0 Å². The van der Waals surface area contributed by atoms with Crippen molar-refractivity contribution in [1.82, 2.24) is 0 Å². The monoisotopic (exact) mass is 289 g/mol. The second kappa shape index (κ2) is 4.15. The molecule has 1 heterocycles. The third-order valence-electron chi connectivity index (χ3n) is 3.87. The predicted molar refractivity (Wildman–Crippen MR) is 68.7 cm³/mol. The van der Waals surface area contributed by atoms with E-state index in [1.807, 2.05) is 0 Å². The van der Waals surface area contributed by atoms with Crippen LogP contribution in [0.4, 0.5) is 0 Å². The molecule has 1 aromatic rings. The topological polar surface area (TPSA) is 95.7 Å². The lowest BCUT2D eigenvalue weighted by Crippen LogP contribution is -2.47. The van der Waals surface area contributed by atoms with Crippen LogP contribution in [-0.2, 0) is 19.2 Å². The Hall–Kier alpha value is -2.70. The minimum atomic E-state index is -2.00. The van der Waals surface area contributed by atoms with Gasteiger partial charge in [0.1, 0.15) is 5.92 Å². The van der Waals surface area contributed by atoms with Crippen LogP contribution < -0.4 is 0 Å². The molecule has 0 aromatic heterocycles. The van der Waals surface area contributed by atoms with Crippen molar-refractivity contribution in [2.45, 2.75) is 18.4 Å². The van der Waals surface area contributed by atoms with Crippen LogP contribution in [0.2, 0.25) is 0 Å². The summed E-state index contributed by atoms with van der Waals surface area (Å²) in [5.41, 5.74) is -1.72. The number of hydrogen-bond acceptors (Lipinski definition) is 6. The van der Waals surface area contributed by atoms with Crippen LogP contribution in [0.25, 0.3) is 0 Å². The Labute approximate surface area is 119 Å². The van der Waals surface area contributed by atoms with Crippen LogP contribution >= 0.6 is 0 Å². The highest BCUT2D eigenvalue weighted by molar-refractivity contribution is 6.41. The standard InChI is InChI=1S/C14H11NO6/c1-7(16)14-10(11(13(18)20-2)15(19)21-14)8-5-3-4-6-9(8)12(14)17/h3-6,10H,1-2H3/t10-,14+/m0/s1. The van der Waals surface area contributed by atoms with Gasteiger partial charge < -0.3 is 9.57 Å². The van der Waals surface area contributed by atoms with E-state index in [9.17, 15) is 19.6 Å². The Bertz CT molecular complexity index is 722. The second-order valence-corrected chi connectivity index (χ2v) is 4.87. The fraction of sp³-hybridized carbons (Fsp3) is 0.286. The van der Waals surface area contributed by atoms with E-state index in [0.29, 0.717) is 5.56 Å². The highest BCUT2D eigenvalue weighted by atomic mass is 16.9. The molecule has 0 fully saturated rings. The number of methoxy groups -OCH3 is 1. The van der Waals surface area contributed by atoms with Gasteiger partial charge in [-0.2, -0.15) is 0 Å². The summed E-state index contributed by atoms with van der Waals surface area (Å²) in [6.45, 7) is 1.16. The minimum Gasteiger partial charge on any atom is -0.461 e. The largest absolute Gasteiger partial charge is 0.461 e. The molecule has 0 N–H and O–H groups in total. The molecule has 0 saturated carbocycles. The van der Waals surface area contributed by atoms with Crippen LogP contribution in [0.3, 0.4) is 0 Å². The number of nitrogens with zero attached hydrogens (tertiary/aromatic N) is 1. The predicted octanol–water partition coefficient (Wildman–Crippen LogP) is 0.364.